The minimum Gasteiger partial charge on any atom is -0.375 e. The molecule has 0 saturated heterocycles. The van der Waals surface area contributed by atoms with Crippen LogP contribution in [0.3, 0.4) is 0 Å². The van der Waals surface area contributed by atoms with Gasteiger partial charge in [-0.25, -0.2) is 4.98 Å². The summed E-state index contributed by atoms with van der Waals surface area (Å²) in [5.74, 6) is -0.126. The maximum Gasteiger partial charge on any atom is 0.251 e. The number of halogens is 2. The summed E-state index contributed by atoms with van der Waals surface area (Å²) in [7, 11) is 0. The van der Waals surface area contributed by atoms with E-state index in [9.17, 15) is 4.79 Å². The molecular weight excluding hydrogens is 353 g/mol. The van der Waals surface area contributed by atoms with E-state index >= 15 is 0 Å². The molecule has 0 aliphatic rings. The minimum absolute atomic E-state index is 0.126. The van der Waals surface area contributed by atoms with E-state index in [0.717, 1.165) is 15.8 Å². The molecule has 118 valence electrons. The molecule has 0 radical (unpaired) electrons. The molecule has 0 unspecified atom stereocenters. The molecular formula is C16H13Cl2N3OS. The molecule has 0 aliphatic heterocycles. The fourth-order valence-corrected chi connectivity index (χ4v) is 3.30. The van der Waals surface area contributed by atoms with E-state index in [1.165, 1.54) is 11.3 Å². The van der Waals surface area contributed by atoms with Gasteiger partial charge in [0, 0.05) is 12.1 Å². The molecule has 0 fully saturated rings. The molecule has 1 amide bonds. The Hall–Kier alpha value is -1.82. The van der Waals surface area contributed by atoms with E-state index < -0.39 is 0 Å². The van der Waals surface area contributed by atoms with Crippen molar-refractivity contribution in [2.24, 2.45) is 0 Å². The third kappa shape index (κ3) is 3.75. The Morgan fingerprint density at radius 1 is 1.17 bits per heavy atom. The van der Waals surface area contributed by atoms with Crippen molar-refractivity contribution >= 4 is 55.8 Å². The first-order valence-electron chi connectivity index (χ1n) is 6.91. The van der Waals surface area contributed by atoms with Gasteiger partial charge in [0.25, 0.3) is 5.91 Å². The van der Waals surface area contributed by atoms with E-state index in [-0.39, 0.29) is 5.91 Å². The van der Waals surface area contributed by atoms with Crippen molar-refractivity contribution in [3.8, 4) is 0 Å². The van der Waals surface area contributed by atoms with Crippen molar-refractivity contribution in [2.75, 3.05) is 12.3 Å². The van der Waals surface area contributed by atoms with Crippen molar-refractivity contribution in [1.29, 1.82) is 0 Å². The molecule has 23 heavy (non-hydrogen) atoms. The topological polar surface area (TPSA) is 68.0 Å². The minimum atomic E-state index is -0.126. The number of thiazole rings is 1. The Morgan fingerprint density at radius 2 is 2.00 bits per heavy atom. The van der Waals surface area contributed by atoms with Gasteiger partial charge in [-0.05, 0) is 42.3 Å². The fraction of sp³-hybridized carbons (Fsp3) is 0.125. The lowest BCUT2D eigenvalue weighted by molar-refractivity contribution is 0.0954. The van der Waals surface area contributed by atoms with Crippen LogP contribution in [-0.2, 0) is 6.42 Å². The molecule has 2 aromatic carbocycles. The van der Waals surface area contributed by atoms with Gasteiger partial charge in [0.05, 0.1) is 20.3 Å². The zero-order valence-corrected chi connectivity index (χ0v) is 14.3. The summed E-state index contributed by atoms with van der Waals surface area (Å²) in [6.45, 7) is 0.514. The summed E-state index contributed by atoms with van der Waals surface area (Å²) < 4.78 is 0.902. The van der Waals surface area contributed by atoms with E-state index in [4.69, 9.17) is 28.9 Å². The molecule has 7 heteroatoms. The molecule has 3 rings (SSSR count). The van der Waals surface area contributed by atoms with Crippen molar-refractivity contribution in [2.45, 2.75) is 6.42 Å². The van der Waals surface area contributed by atoms with Gasteiger partial charge in [0.1, 0.15) is 0 Å². The summed E-state index contributed by atoms with van der Waals surface area (Å²) in [4.78, 5) is 16.4. The first kappa shape index (κ1) is 16.1. The number of benzene rings is 2. The molecule has 3 aromatic rings. The Balaban J connectivity index is 1.62. The van der Waals surface area contributed by atoms with Crippen LogP contribution in [0.15, 0.2) is 36.4 Å². The van der Waals surface area contributed by atoms with Crippen LogP contribution in [0.5, 0.6) is 0 Å². The third-order valence-corrected chi connectivity index (χ3v) is 4.94. The second-order valence-corrected chi connectivity index (χ2v) is 6.87. The molecule has 0 bridgehead atoms. The third-order valence-electron chi connectivity index (χ3n) is 3.35. The summed E-state index contributed by atoms with van der Waals surface area (Å²) in [6, 6.07) is 10.8. The van der Waals surface area contributed by atoms with Crippen LogP contribution in [-0.4, -0.2) is 17.4 Å². The molecule has 0 aliphatic carbocycles. The maximum absolute atomic E-state index is 12.2. The number of carbonyl (C=O) groups is 1. The predicted octanol–water partition coefficient (Wildman–Crippen LogP) is 4.16. The smallest absolute Gasteiger partial charge is 0.251 e. The zero-order chi connectivity index (χ0) is 16.4. The first-order chi connectivity index (χ1) is 11.0. The van der Waals surface area contributed by atoms with E-state index in [0.29, 0.717) is 33.7 Å². The molecule has 0 atom stereocenters. The van der Waals surface area contributed by atoms with Crippen molar-refractivity contribution in [3.63, 3.8) is 0 Å². The number of aromatic nitrogens is 1. The van der Waals surface area contributed by atoms with E-state index in [1.54, 1.807) is 24.3 Å². The average molecular weight is 366 g/mol. The highest BCUT2D eigenvalue weighted by molar-refractivity contribution is 7.22. The number of rotatable bonds is 4. The molecule has 1 heterocycles. The summed E-state index contributed by atoms with van der Waals surface area (Å²) in [5.41, 5.74) is 8.09. The predicted molar refractivity (Wildman–Crippen MR) is 96.5 cm³/mol. The monoisotopic (exact) mass is 365 g/mol. The van der Waals surface area contributed by atoms with E-state index in [2.05, 4.69) is 10.3 Å². The van der Waals surface area contributed by atoms with Gasteiger partial charge >= 0.3 is 0 Å². The van der Waals surface area contributed by atoms with Gasteiger partial charge in [-0.2, -0.15) is 0 Å². The number of amides is 1. The normalized spacial score (nSPS) is 10.9. The maximum atomic E-state index is 12.2. The molecule has 0 saturated carbocycles. The number of nitrogens with one attached hydrogen (secondary N) is 1. The number of hydrogen-bond donors (Lipinski definition) is 2. The zero-order valence-electron chi connectivity index (χ0n) is 12.0. The first-order valence-corrected chi connectivity index (χ1v) is 8.48. The van der Waals surface area contributed by atoms with Crippen LogP contribution in [0.4, 0.5) is 5.13 Å². The fourth-order valence-electron chi connectivity index (χ4n) is 2.20. The van der Waals surface area contributed by atoms with Gasteiger partial charge < -0.3 is 11.1 Å². The second-order valence-electron chi connectivity index (χ2n) is 4.99. The lowest BCUT2D eigenvalue weighted by Gasteiger charge is -2.06. The Bertz CT molecular complexity index is 879. The summed E-state index contributed by atoms with van der Waals surface area (Å²) in [5, 5.41) is 4.43. The number of nitrogens with zero attached hydrogens (tertiary/aromatic N) is 1. The van der Waals surface area contributed by atoms with Crippen LogP contribution in [0.1, 0.15) is 15.9 Å². The van der Waals surface area contributed by atoms with Crippen molar-refractivity contribution < 1.29 is 4.79 Å². The lowest BCUT2D eigenvalue weighted by atomic mass is 10.1. The summed E-state index contributed by atoms with van der Waals surface area (Å²) in [6.07, 6.45) is 0.679. The standard InChI is InChI=1S/C16H13Cl2N3OS/c17-11-3-1-9(7-12(11)18)5-6-20-15(22)10-2-4-13-14(8-10)23-16(19)21-13/h1-4,7-8H,5-6H2,(H2,19,21)(H,20,22). The molecule has 0 spiro atoms. The Labute approximate surface area is 147 Å². The number of anilines is 1. The van der Waals surface area contributed by atoms with Crippen LogP contribution in [0, 0.1) is 0 Å². The van der Waals surface area contributed by atoms with Crippen molar-refractivity contribution in [3.05, 3.63) is 57.6 Å². The van der Waals surface area contributed by atoms with Gasteiger partial charge in [-0.1, -0.05) is 40.6 Å². The Morgan fingerprint density at radius 3 is 2.78 bits per heavy atom. The van der Waals surface area contributed by atoms with Crippen LogP contribution in [0.2, 0.25) is 10.0 Å². The number of nitrogen functional groups attached to an aromatic ring is 1. The molecule has 4 nitrogen and oxygen atoms in total. The number of nitrogens with two attached hydrogens (primary N) is 1. The Kier molecular flexibility index (Phi) is 4.71. The largest absolute Gasteiger partial charge is 0.375 e. The number of carbonyl (C=O) groups excluding carboxylic acids is 1. The SMILES string of the molecule is Nc1nc2ccc(C(=O)NCCc3ccc(Cl)c(Cl)c3)cc2s1. The van der Waals surface area contributed by atoms with Gasteiger partial charge in [0.15, 0.2) is 5.13 Å². The second kappa shape index (κ2) is 6.74. The highest BCUT2D eigenvalue weighted by Crippen LogP contribution is 2.25. The van der Waals surface area contributed by atoms with Gasteiger partial charge in [0.2, 0.25) is 0 Å². The summed E-state index contributed by atoms with van der Waals surface area (Å²) >= 11 is 13.2. The van der Waals surface area contributed by atoms with Crippen LogP contribution < -0.4 is 11.1 Å². The van der Waals surface area contributed by atoms with Gasteiger partial charge in [-0.3, -0.25) is 4.79 Å². The van der Waals surface area contributed by atoms with Crippen LogP contribution in [0.25, 0.3) is 10.2 Å². The van der Waals surface area contributed by atoms with Gasteiger partial charge in [-0.15, -0.1) is 0 Å². The quantitative estimate of drug-likeness (QED) is 0.729. The van der Waals surface area contributed by atoms with E-state index in [1.807, 2.05) is 12.1 Å². The molecule has 3 N–H and O–H groups in total. The molecule has 1 aromatic heterocycles. The highest BCUT2D eigenvalue weighted by atomic mass is 35.5. The van der Waals surface area contributed by atoms with Crippen molar-refractivity contribution in [1.82, 2.24) is 10.3 Å². The van der Waals surface area contributed by atoms with Crippen LogP contribution >= 0.6 is 34.5 Å². The lowest BCUT2D eigenvalue weighted by Crippen LogP contribution is -2.25. The average Bonchev–Trinajstić information content (AvgIpc) is 2.89. The highest BCUT2D eigenvalue weighted by Gasteiger charge is 2.08. The number of hydrogen-bond acceptors (Lipinski definition) is 4. The number of fused-ring (bicyclic) bond motifs is 1.